The number of aromatic hydroxyl groups is 1. The van der Waals surface area contributed by atoms with E-state index in [9.17, 15) is 9.90 Å². The quantitative estimate of drug-likeness (QED) is 0.315. The maximum absolute atomic E-state index is 12.1. The number of benzene rings is 2. The lowest BCUT2D eigenvalue weighted by atomic mass is 10.2. The Morgan fingerprint density at radius 3 is 2.59 bits per heavy atom. The number of carbonyl (C=O) groups is 1. The number of amides is 1. The van der Waals surface area contributed by atoms with Crippen LogP contribution in [0.2, 0.25) is 15.1 Å². The summed E-state index contributed by atoms with van der Waals surface area (Å²) in [6, 6.07) is 10.1. The van der Waals surface area contributed by atoms with Crippen LogP contribution in [0.15, 0.2) is 46.6 Å². The number of aromatic nitrogens is 1. The maximum atomic E-state index is 12.1. The van der Waals surface area contributed by atoms with Crippen LogP contribution in [0.25, 0.3) is 10.9 Å². The molecule has 0 aliphatic rings. The van der Waals surface area contributed by atoms with E-state index in [4.69, 9.17) is 39.5 Å². The van der Waals surface area contributed by atoms with Crippen LogP contribution in [0.4, 0.5) is 5.69 Å². The van der Waals surface area contributed by atoms with Crippen molar-refractivity contribution in [3.05, 3.63) is 51.5 Å². The number of aryl methyl sites for hydroxylation is 1. The second-order valence-electron chi connectivity index (χ2n) is 6.20. The van der Waals surface area contributed by atoms with E-state index < -0.39 is 5.91 Å². The summed E-state index contributed by atoms with van der Waals surface area (Å²) in [4.78, 5) is 12.1. The Hall–Kier alpha value is -2.28. The Kier molecular flexibility index (Phi) is 7.00. The monoisotopic (exact) mass is 453 g/mol. The maximum Gasteiger partial charge on any atom is 0.264 e. The summed E-state index contributed by atoms with van der Waals surface area (Å²) in [7, 11) is 0. The largest absolute Gasteiger partial charge is 0.493 e. The third-order valence-electron chi connectivity index (χ3n) is 4.24. The Balaban J connectivity index is 1.62. The van der Waals surface area contributed by atoms with Crippen molar-refractivity contribution >= 4 is 57.3 Å². The number of rotatable bonds is 7. The second-order valence-corrected chi connectivity index (χ2v) is 7.48. The van der Waals surface area contributed by atoms with Crippen molar-refractivity contribution in [2.24, 2.45) is 10.2 Å². The van der Waals surface area contributed by atoms with Crippen LogP contribution in [0.1, 0.15) is 19.8 Å². The van der Waals surface area contributed by atoms with Crippen molar-refractivity contribution in [3.8, 4) is 11.6 Å². The third kappa shape index (κ3) is 5.01. The van der Waals surface area contributed by atoms with E-state index in [1.165, 1.54) is 0 Å². The Morgan fingerprint density at radius 2 is 1.86 bits per heavy atom. The SMILES string of the molecule is CCn1c(O)c(N=NC(=O)CCCOc2ccc(Cl)cc2Cl)c2cc(Cl)ccc21. The van der Waals surface area contributed by atoms with Gasteiger partial charge in [-0.2, -0.15) is 0 Å². The third-order valence-corrected chi connectivity index (χ3v) is 5.00. The average molecular weight is 455 g/mol. The number of hydrogen-bond acceptors (Lipinski definition) is 4. The van der Waals surface area contributed by atoms with Crippen molar-refractivity contribution in [1.82, 2.24) is 4.57 Å². The van der Waals surface area contributed by atoms with Crippen LogP contribution in [-0.4, -0.2) is 22.2 Å². The molecule has 29 heavy (non-hydrogen) atoms. The lowest BCUT2D eigenvalue weighted by Gasteiger charge is -2.07. The molecule has 1 amide bonds. The number of nitrogens with zero attached hydrogens (tertiary/aromatic N) is 3. The molecule has 0 bridgehead atoms. The molecule has 0 saturated heterocycles. The molecular formula is C20H18Cl3N3O3. The fourth-order valence-electron chi connectivity index (χ4n) is 2.87. The van der Waals surface area contributed by atoms with E-state index in [-0.39, 0.29) is 18.0 Å². The van der Waals surface area contributed by atoms with Gasteiger partial charge in [-0.25, -0.2) is 0 Å². The molecule has 6 nitrogen and oxygen atoms in total. The van der Waals surface area contributed by atoms with Crippen molar-refractivity contribution in [1.29, 1.82) is 0 Å². The first kappa shape index (κ1) is 21.4. The lowest BCUT2D eigenvalue weighted by Crippen LogP contribution is -2.01. The molecule has 0 unspecified atom stereocenters. The molecule has 0 aliphatic heterocycles. The van der Waals surface area contributed by atoms with E-state index in [1.807, 2.05) is 6.92 Å². The molecule has 0 spiro atoms. The van der Waals surface area contributed by atoms with Crippen LogP contribution < -0.4 is 4.74 Å². The Bertz CT molecular complexity index is 1080. The highest BCUT2D eigenvalue weighted by molar-refractivity contribution is 6.35. The van der Waals surface area contributed by atoms with Crippen molar-refractivity contribution < 1.29 is 14.6 Å². The number of azo groups is 1. The molecular weight excluding hydrogens is 437 g/mol. The smallest absolute Gasteiger partial charge is 0.264 e. The molecule has 1 aromatic heterocycles. The predicted octanol–water partition coefficient (Wildman–Crippen LogP) is 6.80. The zero-order chi connectivity index (χ0) is 21.0. The lowest BCUT2D eigenvalue weighted by molar-refractivity contribution is -0.118. The standard InChI is InChI=1S/C20H18Cl3N3O3/c1-2-26-16-7-5-12(21)10-14(16)19(20(26)28)25-24-18(27)4-3-9-29-17-8-6-13(22)11-15(17)23/h5-8,10-11,28H,2-4,9H2,1H3. The fourth-order valence-corrected chi connectivity index (χ4v) is 3.50. The number of carbonyl (C=O) groups excluding carboxylic acids is 1. The zero-order valence-corrected chi connectivity index (χ0v) is 17.8. The van der Waals surface area contributed by atoms with Gasteiger partial charge in [0.15, 0.2) is 5.69 Å². The van der Waals surface area contributed by atoms with Gasteiger partial charge in [0.25, 0.3) is 5.91 Å². The molecule has 9 heteroatoms. The zero-order valence-electron chi connectivity index (χ0n) is 15.5. The normalized spacial score (nSPS) is 11.4. The molecule has 0 fully saturated rings. The minimum atomic E-state index is -0.422. The van der Waals surface area contributed by atoms with Crippen LogP contribution in [-0.2, 0) is 11.3 Å². The van der Waals surface area contributed by atoms with Crippen LogP contribution in [0, 0.1) is 0 Å². The van der Waals surface area contributed by atoms with Gasteiger partial charge < -0.3 is 14.4 Å². The van der Waals surface area contributed by atoms with E-state index in [2.05, 4.69) is 10.2 Å². The Labute approximate surface area is 182 Å². The first-order valence-corrected chi connectivity index (χ1v) is 10.1. The predicted molar refractivity (Wildman–Crippen MR) is 115 cm³/mol. The molecule has 0 aliphatic carbocycles. The van der Waals surface area contributed by atoms with Gasteiger partial charge in [0.2, 0.25) is 5.88 Å². The van der Waals surface area contributed by atoms with Gasteiger partial charge >= 0.3 is 0 Å². The van der Waals surface area contributed by atoms with Gasteiger partial charge in [-0.1, -0.05) is 34.8 Å². The number of fused-ring (bicyclic) bond motifs is 1. The highest BCUT2D eigenvalue weighted by atomic mass is 35.5. The number of ether oxygens (including phenoxy) is 1. The highest BCUT2D eigenvalue weighted by Gasteiger charge is 2.16. The van der Waals surface area contributed by atoms with Gasteiger partial charge in [-0.15, -0.1) is 10.2 Å². The average Bonchev–Trinajstić information content (AvgIpc) is 2.94. The van der Waals surface area contributed by atoms with Crippen molar-refractivity contribution in [2.75, 3.05) is 6.61 Å². The molecule has 152 valence electrons. The van der Waals surface area contributed by atoms with E-state index >= 15 is 0 Å². The second kappa shape index (κ2) is 9.48. The van der Waals surface area contributed by atoms with E-state index in [0.29, 0.717) is 45.8 Å². The van der Waals surface area contributed by atoms with E-state index in [1.54, 1.807) is 41.0 Å². The Morgan fingerprint density at radius 1 is 1.14 bits per heavy atom. The molecule has 3 aromatic rings. The molecule has 1 N–H and O–H groups in total. The first-order chi connectivity index (χ1) is 13.9. The van der Waals surface area contributed by atoms with Gasteiger partial charge in [0, 0.05) is 28.4 Å². The van der Waals surface area contributed by atoms with Gasteiger partial charge in [-0.05, 0) is 49.7 Å². The van der Waals surface area contributed by atoms with Gasteiger partial charge in [0.1, 0.15) is 5.75 Å². The van der Waals surface area contributed by atoms with Gasteiger partial charge in [-0.3, -0.25) is 4.79 Å². The first-order valence-electron chi connectivity index (χ1n) is 8.93. The molecule has 0 radical (unpaired) electrons. The minimum absolute atomic E-state index is 0.0537. The van der Waals surface area contributed by atoms with Crippen LogP contribution in [0.5, 0.6) is 11.6 Å². The van der Waals surface area contributed by atoms with Crippen LogP contribution in [0.3, 0.4) is 0 Å². The van der Waals surface area contributed by atoms with Gasteiger partial charge in [0.05, 0.1) is 17.1 Å². The highest BCUT2D eigenvalue weighted by Crippen LogP contribution is 2.40. The molecule has 3 rings (SSSR count). The van der Waals surface area contributed by atoms with Crippen molar-refractivity contribution in [2.45, 2.75) is 26.3 Å². The topological polar surface area (TPSA) is 76.2 Å². The number of hydrogen-bond donors (Lipinski definition) is 1. The van der Waals surface area contributed by atoms with Crippen molar-refractivity contribution in [3.63, 3.8) is 0 Å². The fraction of sp³-hybridized carbons (Fsp3) is 0.250. The minimum Gasteiger partial charge on any atom is -0.493 e. The van der Waals surface area contributed by atoms with E-state index in [0.717, 1.165) is 5.52 Å². The summed E-state index contributed by atoms with van der Waals surface area (Å²) in [6.07, 6.45) is 0.577. The summed E-state index contributed by atoms with van der Waals surface area (Å²) < 4.78 is 7.21. The summed E-state index contributed by atoms with van der Waals surface area (Å²) in [5.41, 5.74) is 0.992. The summed E-state index contributed by atoms with van der Waals surface area (Å²) in [5.74, 6) is 0.0241. The molecule has 0 saturated carbocycles. The van der Waals surface area contributed by atoms with Crippen LogP contribution >= 0.6 is 34.8 Å². The summed E-state index contributed by atoms with van der Waals surface area (Å²) >= 11 is 17.9. The molecule has 0 atom stereocenters. The molecule has 2 aromatic carbocycles. The summed E-state index contributed by atoms with van der Waals surface area (Å²) in [5, 5.41) is 20.2. The summed E-state index contributed by atoms with van der Waals surface area (Å²) in [6.45, 7) is 2.73. The number of halogens is 3. The molecule has 1 heterocycles.